The van der Waals surface area contributed by atoms with Gasteiger partial charge in [0.15, 0.2) is 0 Å². The summed E-state index contributed by atoms with van der Waals surface area (Å²) < 4.78 is 5.39. The molecule has 6 heteroatoms. The van der Waals surface area contributed by atoms with Crippen molar-refractivity contribution in [3.8, 4) is 0 Å². The van der Waals surface area contributed by atoms with Gasteiger partial charge in [0.1, 0.15) is 5.60 Å². The fraction of sp³-hybridized carbons (Fsp3) is 0.632. The smallest absolute Gasteiger partial charge is 0.410 e. The SMILES string of the molecule is CN(CCc1ccccn1)C(=O)C1CCN(C(=O)OC(C)(C)C)CC1. The van der Waals surface area contributed by atoms with Gasteiger partial charge in [0.2, 0.25) is 5.91 Å². The lowest BCUT2D eigenvalue weighted by Crippen LogP contribution is -2.45. The topological polar surface area (TPSA) is 62.7 Å². The number of amides is 2. The predicted octanol–water partition coefficient (Wildman–Crippen LogP) is 2.73. The molecule has 1 aliphatic heterocycles. The van der Waals surface area contributed by atoms with E-state index in [4.69, 9.17) is 4.74 Å². The maximum Gasteiger partial charge on any atom is 0.410 e. The standard InChI is InChI=1S/C19H29N3O3/c1-19(2,3)25-18(24)22-13-8-15(9-14-22)17(23)21(4)12-10-16-7-5-6-11-20-16/h5-7,11,15H,8-10,12-14H2,1-4H3. The third kappa shape index (κ3) is 6.03. The zero-order chi connectivity index (χ0) is 18.4. The molecule has 1 aromatic rings. The summed E-state index contributed by atoms with van der Waals surface area (Å²) in [5, 5.41) is 0. The number of likely N-dealkylation sites (tertiary alicyclic amines) is 1. The summed E-state index contributed by atoms with van der Waals surface area (Å²) in [6, 6.07) is 5.81. The zero-order valence-electron chi connectivity index (χ0n) is 15.7. The van der Waals surface area contributed by atoms with Crippen molar-refractivity contribution in [3.63, 3.8) is 0 Å². The van der Waals surface area contributed by atoms with E-state index in [1.807, 2.05) is 46.0 Å². The molecule has 138 valence electrons. The lowest BCUT2D eigenvalue weighted by molar-refractivity contribution is -0.135. The Bertz CT molecular complexity index is 575. The summed E-state index contributed by atoms with van der Waals surface area (Å²) in [4.78, 5) is 32.4. The molecule has 0 saturated carbocycles. The molecule has 0 spiro atoms. The Kier molecular flexibility index (Phi) is 6.39. The number of aromatic nitrogens is 1. The van der Waals surface area contributed by atoms with Gasteiger partial charge in [-0.05, 0) is 45.7 Å². The number of ether oxygens (including phenoxy) is 1. The first-order valence-corrected chi connectivity index (χ1v) is 8.89. The van der Waals surface area contributed by atoms with Crippen molar-refractivity contribution in [2.45, 2.75) is 45.6 Å². The molecule has 0 unspecified atom stereocenters. The first-order chi connectivity index (χ1) is 11.8. The largest absolute Gasteiger partial charge is 0.444 e. The van der Waals surface area contributed by atoms with Crippen molar-refractivity contribution >= 4 is 12.0 Å². The number of carbonyl (C=O) groups excluding carboxylic acids is 2. The molecule has 0 radical (unpaired) electrons. The molecule has 0 aliphatic carbocycles. The Balaban J connectivity index is 1.77. The Morgan fingerprint density at radius 1 is 1.28 bits per heavy atom. The highest BCUT2D eigenvalue weighted by Gasteiger charge is 2.31. The molecule has 1 fully saturated rings. The molecule has 1 saturated heterocycles. The molecule has 0 N–H and O–H groups in total. The van der Waals surface area contributed by atoms with Crippen LogP contribution < -0.4 is 0 Å². The van der Waals surface area contributed by atoms with Crippen LogP contribution in [0.4, 0.5) is 4.79 Å². The van der Waals surface area contributed by atoms with Crippen LogP contribution in [0.1, 0.15) is 39.3 Å². The normalized spacial score (nSPS) is 15.8. The van der Waals surface area contributed by atoms with Crippen LogP contribution in [0.3, 0.4) is 0 Å². The number of likely N-dealkylation sites (N-methyl/N-ethyl adjacent to an activating group) is 1. The highest BCUT2D eigenvalue weighted by molar-refractivity contribution is 5.79. The van der Waals surface area contributed by atoms with Crippen molar-refractivity contribution < 1.29 is 14.3 Å². The second kappa shape index (κ2) is 8.32. The van der Waals surface area contributed by atoms with Crippen LogP contribution in [0, 0.1) is 5.92 Å². The van der Waals surface area contributed by atoms with Crippen molar-refractivity contribution in [2.75, 3.05) is 26.7 Å². The Hall–Kier alpha value is -2.11. The molecule has 1 aliphatic rings. The summed E-state index contributed by atoms with van der Waals surface area (Å²) in [5.41, 5.74) is 0.497. The van der Waals surface area contributed by atoms with Gasteiger partial charge in [-0.15, -0.1) is 0 Å². The first kappa shape index (κ1) is 19.2. The Morgan fingerprint density at radius 3 is 2.52 bits per heavy atom. The second-order valence-electron chi connectivity index (χ2n) is 7.57. The van der Waals surface area contributed by atoms with E-state index in [2.05, 4.69) is 4.98 Å². The average Bonchev–Trinajstić information content (AvgIpc) is 2.58. The Morgan fingerprint density at radius 2 is 1.96 bits per heavy atom. The van der Waals surface area contributed by atoms with E-state index in [-0.39, 0.29) is 17.9 Å². The lowest BCUT2D eigenvalue weighted by atomic mass is 9.95. The lowest BCUT2D eigenvalue weighted by Gasteiger charge is -2.34. The summed E-state index contributed by atoms with van der Waals surface area (Å²) in [7, 11) is 1.84. The predicted molar refractivity (Wildman–Crippen MR) is 96.1 cm³/mol. The Labute approximate surface area is 150 Å². The number of piperidine rings is 1. The van der Waals surface area contributed by atoms with E-state index >= 15 is 0 Å². The quantitative estimate of drug-likeness (QED) is 0.840. The van der Waals surface area contributed by atoms with E-state index in [0.717, 1.165) is 12.1 Å². The number of rotatable bonds is 4. The number of hydrogen-bond donors (Lipinski definition) is 0. The molecule has 2 heterocycles. The number of pyridine rings is 1. The summed E-state index contributed by atoms with van der Waals surface area (Å²) in [6.45, 7) is 7.37. The van der Waals surface area contributed by atoms with Gasteiger partial charge in [-0.25, -0.2) is 4.79 Å². The van der Waals surface area contributed by atoms with Gasteiger partial charge in [-0.3, -0.25) is 9.78 Å². The van der Waals surface area contributed by atoms with Gasteiger partial charge in [0, 0.05) is 50.9 Å². The molecular weight excluding hydrogens is 318 g/mol. The molecule has 0 aromatic carbocycles. The molecule has 2 amide bonds. The molecular formula is C19H29N3O3. The van der Waals surface area contributed by atoms with E-state index in [9.17, 15) is 9.59 Å². The van der Waals surface area contributed by atoms with Crippen LogP contribution in [0.15, 0.2) is 24.4 Å². The monoisotopic (exact) mass is 347 g/mol. The minimum Gasteiger partial charge on any atom is -0.444 e. The third-order valence-electron chi connectivity index (χ3n) is 4.30. The van der Waals surface area contributed by atoms with E-state index < -0.39 is 5.60 Å². The first-order valence-electron chi connectivity index (χ1n) is 8.89. The van der Waals surface area contributed by atoms with E-state index in [1.165, 1.54) is 0 Å². The van der Waals surface area contributed by atoms with Gasteiger partial charge in [0.25, 0.3) is 0 Å². The van der Waals surface area contributed by atoms with Crippen LogP contribution >= 0.6 is 0 Å². The van der Waals surface area contributed by atoms with Crippen LogP contribution in [0.2, 0.25) is 0 Å². The van der Waals surface area contributed by atoms with Crippen LogP contribution in [-0.4, -0.2) is 59.1 Å². The van der Waals surface area contributed by atoms with Gasteiger partial charge in [0.05, 0.1) is 0 Å². The van der Waals surface area contributed by atoms with Gasteiger partial charge in [-0.1, -0.05) is 6.07 Å². The minimum absolute atomic E-state index is 0.0209. The fourth-order valence-corrected chi connectivity index (χ4v) is 2.89. The zero-order valence-corrected chi connectivity index (χ0v) is 15.7. The molecule has 0 bridgehead atoms. The fourth-order valence-electron chi connectivity index (χ4n) is 2.89. The third-order valence-corrected chi connectivity index (χ3v) is 4.30. The van der Waals surface area contributed by atoms with Crippen LogP contribution in [0.5, 0.6) is 0 Å². The highest BCUT2D eigenvalue weighted by atomic mass is 16.6. The van der Waals surface area contributed by atoms with Gasteiger partial charge >= 0.3 is 6.09 Å². The highest BCUT2D eigenvalue weighted by Crippen LogP contribution is 2.21. The van der Waals surface area contributed by atoms with Crippen molar-refractivity contribution in [1.29, 1.82) is 0 Å². The molecule has 1 aromatic heterocycles. The van der Waals surface area contributed by atoms with Crippen molar-refractivity contribution in [3.05, 3.63) is 30.1 Å². The van der Waals surface area contributed by atoms with Crippen molar-refractivity contribution in [2.24, 2.45) is 5.92 Å². The molecule has 25 heavy (non-hydrogen) atoms. The molecule has 0 atom stereocenters. The van der Waals surface area contributed by atoms with E-state index in [1.54, 1.807) is 16.0 Å². The molecule has 6 nitrogen and oxygen atoms in total. The van der Waals surface area contributed by atoms with Gasteiger partial charge < -0.3 is 14.5 Å². The average molecular weight is 347 g/mol. The summed E-state index contributed by atoms with van der Waals surface area (Å²) >= 11 is 0. The van der Waals surface area contributed by atoms with Crippen molar-refractivity contribution in [1.82, 2.24) is 14.8 Å². The minimum atomic E-state index is -0.491. The van der Waals surface area contributed by atoms with E-state index in [0.29, 0.717) is 32.5 Å². The number of nitrogens with zero attached hydrogens (tertiary/aromatic N) is 3. The maximum absolute atomic E-state index is 12.6. The summed E-state index contributed by atoms with van der Waals surface area (Å²) in [6.07, 6.45) is 3.60. The second-order valence-corrected chi connectivity index (χ2v) is 7.57. The number of carbonyl (C=O) groups is 2. The summed E-state index contributed by atoms with van der Waals surface area (Å²) in [5.74, 6) is 0.132. The van der Waals surface area contributed by atoms with Crippen LogP contribution in [-0.2, 0) is 16.0 Å². The van der Waals surface area contributed by atoms with Crippen LogP contribution in [0.25, 0.3) is 0 Å². The van der Waals surface area contributed by atoms with Gasteiger partial charge in [-0.2, -0.15) is 0 Å². The maximum atomic E-state index is 12.6. The molecule has 2 rings (SSSR count). The number of hydrogen-bond acceptors (Lipinski definition) is 4.